The van der Waals surface area contributed by atoms with Crippen LogP contribution in [0, 0.1) is 18.3 Å². The molecule has 21 heavy (non-hydrogen) atoms. The minimum atomic E-state index is -3.65. The highest BCUT2D eigenvalue weighted by molar-refractivity contribution is 7.89. The van der Waals surface area contributed by atoms with Gasteiger partial charge in [0, 0.05) is 32.4 Å². The third kappa shape index (κ3) is 3.12. The summed E-state index contributed by atoms with van der Waals surface area (Å²) in [5.74, 6) is 0. The molecule has 6 nitrogen and oxygen atoms in total. The lowest BCUT2D eigenvalue weighted by atomic mass is 10.2. The van der Waals surface area contributed by atoms with Crippen molar-refractivity contribution in [3.05, 3.63) is 47.3 Å². The molecule has 0 N–H and O–H groups in total. The normalized spacial score (nSPS) is 11.6. The number of nitrogens with zero attached hydrogens (tertiary/aromatic N) is 4. The van der Waals surface area contributed by atoms with E-state index in [-0.39, 0.29) is 11.4 Å². The zero-order valence-corrected chi connectivity index (χ0v) is 12.9. The zero-order valence-electron chi connectivity index (χ0n) is 12.1. The van der Waals surface area contributed by atoms with Crippen LogP contribution >= 0.6 is 0 Å². The predicted octanol–water partition coefficient (Wildman–Crippen LogP) is 1.42. The molecule has 0 saturated heterocycles. The van der Waals surface area contributed by atoms with Crippen molar-refractivity contribution in [3.63, 3.8) is 0 Å². The van der Waals surface area contributed by atoms with Gasteiger partial charge in [0.2, 0.25) is 10.0 Å². The van der Waals surface area contributed by atoms with Crippen LogP contribution in [0.1, 0.15) is 16.7 Å². The van der Waals surface area contributed by atoms with Crippen LogP contribution in [-0.4, -0.2) is 29.6 Å². The zero-order chi connectivity index (χ0) is 15.6. The molecular weight excluding hydrogens is 288 g/mol. The Morgan fingerprint density at radius 3 is 2.71 bits per heavy atom. The molecule has 0 amide bonds. The van der Waals surface area contributed by atoms with Crippen molar-refractivity contribution in [2.45, 2.75) is 18.4 Å². The quantitative estimate of drug-likeness (QED) is 0.855. The van der Waals surface area contributed by atoms with E-state index in [4.69, 9.17) is 5.26 Å². The molecule has 0 atom stereocenters. The highest BCUT2D eigenvalue weighted by Gasteiger charge is 2.23. The molecule has 110 valence electrons. The summed E-state index contributed by atoms with van der Waals surface area (Å²) in [7, 11) is -0.355. The highest BCUT2D eigenvalue weighted by Crippen LogP contribution is 2.21. The van der Waals surface area contributed by atoms with Gasteiger partial charge in [0.05, 0.1) is 22.7 Å². The molecule has 1 aromatic carbocycles. The first-order chi connectivity index (χ1) is 9.84. The Kier molecular flexibility index (Phi) is 4.11. The minimum Gasteiger partial charge on any atom is -0.275 e. The molecule has 0 radical (unpaired) electrons. The second-order valence-electron chi connectivity index (χ2n) is 4.88. The van der Waals surface area contributed by atoms with Crippen molar-refractivity contribution in [1.29, 1.82) is 5.26 Å². The van der Waals surface area contributed by atoms with Crippen LogP contribution in [-0.2, 0) is 23.6 Å². The smallest absolute Gasteiger partial charge is 0.243 e. The summed E-state index contributed by atoms with van der Waals surface area (Å²) >= 11 is 0. The van der Waals surface area contributed by atoms with Gasteiger partial charge in [-0.15, -0.1) is 0 Å². The van der Waals surface area contributed by atoms with Crippen LogP contribution in [0.25, 0.3) is 0 Å². The topological polar surface area (TPSA) is 79.0 Å². The summed E-state index contributed by atoms with van der Waals surface area (Å²) in [6, 6.07) is 6.62. The molecule has 0 bridgehead atoms. The van der Waals surface area contributed by atoms with Crippen LogP contribution in [0.5, 0.6) is 0 Å². The molecule has 2 rings (SSSR count). The average Bonchev–Trinajstić information content (AvgIpc) is 2.84. The monoisotopic (exact) mass is 304 g/mol. The number of aromatic nitrogens is 2. The largest absolute Gasteiger partial charge is 0.275 e. The maximum atomic E-state index is 12.6. The van der Waals surface area contributed by atoms with Crippen molar-refractivity contribution in [3.8, 4) is 6.07 Å². The van der Waals surface area contributed by atoms with E-state index < -0.39 is 10.0 Å². The van der Waals surface area contributed by atoms with Crippen molar-refractivity contribution < 1.29 is 8.42 Å². The molecule has 7 heteroatoms. The average molecular weight is 304 g/mol. The van der Waals surface area contributed by atoms with Gasteiger partial charge in [-0.3, -0.25) is 4.68 Å². The third-order valence-electron chi connectivity index (χ3n) is 3.17. The first-order valence-corrected chi connectivity index (χ1v) is 7.73. The standard InChI is InChI=1S/C14H16N4O2S/c1-11-4-5-12(7-15)6-14(11)21(19,20)18(3)10-13-8-16-17(2)9-13/h4-6,8-9H,10H2,1-3H3. The van der Waals surface area contributed by atoms with Crippen LogP contribution in [0.4, 0.5) is 0 Å². The molecule has 0 spiro atoms. The number of rotatable bonds is 4. The van der Waals surface area contributed by atoms with E-state index in [0.717, 1.165) is 5.56 Å². The first-order valence-electron chi connectivity index (χ1n) is 6.29. The van der Waals surface area contributed by atoms with E-state index in [0.29, 0.717) is 11.1 Å². The summed E-state index contributed by atoms with van der Waals surface area (Å²) in [6.07, 6.45) is 3.40. The van der Waals surface area contributed by atoms with E-state index >= 15 is 0 Å². The van der Waals surface area contributed by atoms with Gasteiger partial charge in [0.1, 0.15) is 0 Å². The lowest BCUT2D eigenvalue weighted by Crippen LogP contribution is -2.27. The molecule has 0 fully saturated rings. The van der Waals surface area contributed by atoms with Gasteiger partial charge in [0.15, 0.2) is 0 Å². The van der Waals surface area contributed by atoms with Crippen LogP contribution in [0.2, 0.25) is 0 Å². The minimum absolute atomic E-state index is 0.160. The Balaban J connectivity index is 2.35. The van der Waals surface area contributed by atoms with Crippen molar-refractivity contribution >= 4 is 10.0 Å². The lowest BCUT2D eigenvalue weighted by Gasteiger charge is -2.18. The van der Waals surface area contributed by atoms with Gasteiger partial charge < -0.3 is 0 Å². The maximum Gasteiger partial charge on any atom is 0.243 e. The van der Waals surface area contributed by atoms with Crippen molar-refractivity contribution in [2.75, 3.05) is 7.05 Å². The number of benzene rings is 1. The predicted molar refractivity (Wildman–Crippen MR) is 77.8 cm³/mol. The van der Waals surface area contributed by atoms with Crippen LogP contribution in [0.3, 0.4) is 0 Å². The molecule has 0 unspecified atom stereocenters. The molecule has 2 aromatic rings. The van der Waals surface area contributed by atoms with Gasteiger partial charge in [0.25, 0.3) is 0 Å². The number of nitriles is 1. The molecule has 0 aliphatic heterocycles. The maximum absolute atomic E-state index is 12.6. The summed E-state index contributed by atoms with van der Waals surface area (Å²) in [5, 5.41) is 12.9. The van der Waals surface area contributed by atoms with E-state index in [1.54, 1.807) is 43.2 Å². The van der Waals surface area contributed by atoms with Gasteiger partial charge in [-0.05, 0) is 24.6 Å². The van der Waals surface area contributed by atoms with Crippen molar-refractivity contribution in [1.82, 2.24) is 14.1 Å². The Hall–Kier alpha value is -2.17. The van der Waals surface area contributed by atoms with E-state index in [2.05, 4.69) is 5.10 Å². The first kappa shape index (κ1) is 15.2. The molecule has 1 aromatic heterocycles. The fraction of sp³-hybridized carbons (Fsp3) is 0.286. The van der Waals surface area contributed by atoms with Gasteiger partial charge in [-0.25, -0.2) is 8.42 Å². The summed E-state index contributed by atoms with van der Waals surface area (Å²) in [4.78, 5) is 0.160. The Morgan fingerprint density at radius 1 is 1.43 bits per heavy atom. The number of sulfonamides is 1. The summed E-state index contributed by atoms with van der Waals surface area (Å²) < 4.78 is 28.1. The molecular formula is C14H16N4O2S. The second-order valence-corrected chi connectivity index (χ2v) is 6.89. The summed E-state index contributed by atoms with van der Waals surface area (Å²) in [5.41, 5.74) is 1.75. The highest BCUT2D eigenvalue weighted by atomic mass is 32.2. The summed E-state index contributed by atoms with van der Waals surface area (Å²) in [6.45, 7) is 1.94. The number of aryl methyl sites for hydroxylation is 2. The van der Waals surface area contributed by atoms with Gasteiger partial charge >= 0.3 is 0 Å². The lowest BCUT2D eigenvalue weighted by molar-refractivity contribution is 0.466. The Labute approximate surface area is 124 Å². The van der Waals surface area contributed by atoms with Gasteiger partial charge in [-0.1, -0.05) is 6.07 Å². The molecule has 0 aliphatic rings. The van der Waals surface area contributed by atoms with Gasteiger partial charge in [-0.2, -0.15) is 14.7 Å². The molecule has 1 heterocycles. The Morgan fingerprint density at radius 2 is 2.14 bits per heavy atom. The van der Waals surface area contributed by atoms with E-state index in [9.17, 15) is 8.42 Å². The van der Waals surface area contributed by atoms with Crippen LogP contribution in [0.15, 0.2) is 35.5 Å². The van der Waals surface area contributed by atoms with E-state index in [1.807, 2.05) is 6.07 Å². The van der Waals surface area contributed by atoms with E-state index in [1.165, 1.54) is 17.4 Å². The number of hydrogen-bond acceptors (Lipinski definition) is 4. The van der Waals surface area contributed by atoms with Crippen LogP contribution < -0.4 is 0 Å². The second kappa shape index (κ2) is 5.68. The fourth-order valence-corrected chi connectivity index (χ4v) is 3.42. The van der Waals surface area contributed by atoms with Crippen molar-refractivity contribution in [2.24, 2.45) is 7.05 Å². The third-order valence-corrected chi connectivity index (χ3v) is 5.11. The Bertz CT molecular complexity index is 803. The molecule has 0 saturated carbocycles. The number of hydrogen-bond donors (Lipinski definition) is 0. The SMILES string of the molecule is Cc1ccc(C#N)cc1S(=O)(=O)N(C)Cc1cnn(C)c1. The molecule has 0 aliphatic carbocycles. The fourth-order valence-electron chi connectivity index (χ4n) is 2.01.